The summed E-state index contributed by atoms with van der Waals surface area (Å²) in [5.41, 5.74) is 8.05. The zero-order chi connectivity index (χ0) is 14.3. The fourth-order valence-corrected chi connectivity index (χ4v) is 2.22. The van der Waals surface area contributed by atoms with Crippen molar-refractivity contribution in [2.75, 3.05) is 0 Å². The van der Waals surface area contributed by atoms with E-state index in [9.17, 15) is 0 Å². The zero-order valence-corrected chi connectivity index (χ0v) is 13.8. The van der Waals surface area contributed by atoms with Crippen LogP contribution in [0.4, 0.5) is 0 Å². The van der Waals surface area contributed by atoms with Crippen LogP contribution in [-0.4, -0.2) is 11.8 Å². The molecule has 0 aromatic rings. The molecular formula is C14H26BrN3. The number of rotatable bonds is 7. The van der Waals surface area contributed by atoms with Gasteiger partial charge in [-0.3, -0.25) is 0 Å². The summed E-state index contributed by atoms with van der Waals surface area (Å²) < 4.78 is 0.996. The number of hydrogen-bond acceptors (Lipinski definition) is 3. The average Bonchev–Trinajstić information content (AvgIpc) is 2.23. The Morgan fingerprint density at radius 2 is 1.94 bits per heavy atom. The van der Waals surface area contributed by atoms with Crippen LogP contribution < -0.4 is 11.1 Å². The molecule has 0 aliphatic carbocycles. The van der Waals surface area contributed by atoms with Crippen molar-refractivity contribution in [1.29, 1.82) is 0 Å². The van der Waals surface area contributed by atoms with Gasteiger partial charge in [0.1, 0.15) is 5.82 Å². The Bertz CT molecular complexity index is 343. The summed E-state index contributed by atoms with van der Waals surface area (Å²) in [6.45, 7) is 14.2. The molecule has 3 nitrogen and oxygen atoms in total. The van der Waals surface area contributed by atoms with E-state index in [1.165, 1.54) is 0 Å². The van der Waals surface area contributed by atoms with Crippen molar-refractivity contribution in [3.05, 3.63) is 22.6 Å². The van der Waals surface area contributed by atoms with Gasteiger partial charge in [-0.2, -0.15) is 0 Å². The van der Waals surface area contributed by atoms with E-state index >= 15 is 0 Å². The van der Waals surface area contributed by atoms with E-state index in [4.69, 9.17) is 5.73 Å². The first-order valence-corrected chi connectivity index (χ1v) is 7.20. The van der Waals surface area contributed by atoms with Crippen molar-refractivity contribution < 1.29 is 0 Å². The molecule has 0 amide bonds. The highest BCUT2D eigenvalue weighted by Crippen LogP contribution is 2.18. The van der Waals surface area contributed by atoms with Gasteiger partial charge in [0.15, 0.2) is 0 Å². The van der Waals surface area contributed by atoms with Gasteiger partial charge in [-0.25, -0.2) is 4.99 Å². The van der Waals surface area contributed by atoms with E-state index in [1.54, 1.807) is 0 Å². The van der Waals surface area contributed by atoms with Crippen molar-refractivity contribution in [2.45, 2.75) is 53.5 Å². The third-order valence-corrected chi connectivity index (χ3v) is 2.94. The van der Waals surface area contributed by atoms with Crippen LogP contribution in [0.3, 0.4) is 0 Å². The minimum Gasteiger partial charge on any atom is -0.383 e. The second kappa shape index (κ2) is 8.35. The summed E-state index contributed by atoms with van der Waals surface area (Å²) >= 11 is 3.40. The summed E-state index contributed by atoms with van der Waals surface area (Å²) in [7, 11) is 0. The Balaban J connectivity index is 4.93. The van der Waals surface area contributed by atoms with Crippen LogP contribution in [0.5, 0.6) is 0 Å². The molecule has 0 aromatic carbocycles. The molecule has 0 fully saturated rings. The number of hydrogen-bond donors (Lipinski definition) is 2. The molecule has 0 aliphatic heterocycles. The van der Waals surface area contributed by atoms with Crippen molar-refractivity contribution >= 4 is 21.6 Å². The fraction of sp³-hybridized carbons (Fsp3) is 0.643. The molecule has 1 unspecified atom stereocenters. The van der Waals surface area contributed by atoms with Crippen molar-refractivity contribution in [1.82, 2.24) is 5.32 Å². The highest BCUT2D eigenvalue weighted by atomic mass is 79.9. The fourth-order valence-electron chi connectivity index (χ4n) is 1.73. The van der Waals surface area contributed by atoms with Crippen LogP contribution >= 0.6 is 15.9 Å². The van der Waals surface area contributed by atoms with Crippen molar-refractivity contribution in [3.63, 3.8) is 0 Å². The van der Waals surface area contributed by atoms with E-state index < -0.39 is 0 Å². The summed E-state index contributed by atoms with van der Waals surface area (Å²) in [4.78, 5) is 4.55. The van der Waals surface area contributed by atoms with Crippen LogP contribution in [-0.2, 0) is 0 Å². The van der Waals surface area contributed by atoms with Gasteiger partial charge in [0.25, 0.3) is 0 Å². The first kappa shape index (κ1) is 17.2. The lowest BCUT2D eigenvalue weighted by atomic mass is 10.00. The van der Waals surface area contributed by atoms with Gasteiger partial charge in [-0.15, -0.1) is 0 Å². The normalized spacial score (nSPS) is 15.4. The largest absolute Gasteiger partial charge is 0.383 e. The molecule has 0 heterocycles. The van der Waals surface area contributed by atoms with E-state index in [2.05, 4.69) is 60.5 Å². The molecule has 0 rings (SSSR count). The van der Waals surface area contributed by atoms with Crippen molar-refractivity contribution in [3.8, 4) is 0 Å². The third kappa shape index (κ3) is 6.84. The van der Waals surface area contributed by atoms with Gasteiger partial charge in [0.05, 0.1) is 5.70 Å². The Morgan fingerprint density at radius 1 is 1.39 bits per heavy atom. The molecular weight excluding hydrogens is 290 g/mol. The smallest absolute Gasteiger partial charge is 0.142 e. The van der Waals surface area contributed by atoms with E-state index in [1.807, 2.05) is 6.92 Å². The van der Waals surface area contributed by atoms with Gasteiger partial charge in [0.2, 0.25) is 0 Å². The Labute approximate surface area is 120 Å². The Morgan fingerprint density at radius 3 is 2.33 bits per heavy atom. The van der Waals surface area contributed by atoms with E-state index in [0.717, 1.165) is 28.7 Å². The van der Waals surface area contributed by atoms with Gasteiger partial charge < -0.3 is 11.1 Å². The number of allylic oxidation sites excluding steroid dienone is 2. The zero-order valence-electron chi connectivity index (χ0n) is 12.2. The number of nitrogens with zero attached hydrogens (tertiary/aromatic N) is 1. The monoisotopic (exact) mass is 315 g/mol. The Hall–Kier alpha value is -0.770. The maximum absolute atomic E-state index is 6.01. The lowest BCUT2D eigenvalue weighted by Gasteiger charge is -2.15. The summed E-state index contributed by atoms with van der Waals surface area (Å²) in [5.74, 6) is 0.930. The second-order valence-electron chi connectivity index (χ2n) is 4.89. The second-order valence-corrected chi connectivity index (χ2v) is 6.01. The van der Waals surface area contributed by atoms with Crippen molar-refractivity contribution in [2.24, 2.45) is 16.6 Å². The summed E-state index contributed by atoms with van der Waals surface area (Å²) in [5, 5.41) is 3.27. The lowest BCUT2D eigenvalue weighted by molar-refractivity contribution is 0.660. The number of aliphatic imine (C=N–C) groups is 1. The van der Waals surface area contributed by atoms with Crippen LogP contribution in [0, 0.1) is 5.92 Å². The van der Waals surface area contributed by atoms with Crippen LogP contribution in [0.1, 0.15) is 47.5 Å². The van der Waals surface area contributed by atoms with Gasteiger partial charge in [0, 0.05) is 11.8 Å². The molecule has 0 aromatic heterocycles. The third-order valence-electron chi connectivity index (χ3n) is 2.61. The number of nitrogens with two attached hydrogens (primary N) is 1. The molecule has 18 heavy (non-hydrogen) atoms. The van der Waals surface area contributed by atoms with E-state index in [-0.39, 0.29) is 0 Å². The lowest BCUT2D eigenvalue weighted by Crippen LogP contribution is -2.24. The standard InChI is InChI=1S/C14H26BrN3/c1-7-13(10(4)8-11(5)15)18-14(16)12(6)17-9(2)3/h9-10,17H,5,7-8,16H2,1-4,6H3/b14-12+,18-13-. The first-order chi connectivity index (χ1) is 8.27. The molecule has 0 saturated carbocycles. The average molecular weight is 316 g/mol. The molecule has 0 aliphatic rings. The van der Waals surface area contributed by atoms with Crippen LogP contribution in [0.15, 0.2) is 27.6 Å². The summed E-state index contributed by atoms with van der Waals surface area (Å²) in [6.07, 6.45) is 1.79. The molecule has 1 atom stereocenters. The van der Waals surface area contributed by atoms with Crippen LogP contribution in [0.2, 0.25) is 0 Å². The minimum atomic E-state index is 0.354. The van der Waals surface area contributed by atoms with Gasteiger partial charge in [-0.05, 0) is 44.0 Å². The maximum Gasteiger partial charge on any atom is 0.142 e. The predicted molar refractivity (Wildman–Crippen MR) is 84.7 cm³/mol. The molecule has 0 spiro atoms. The topological polar surface area (TPSA) is 50.4 Å². The number of halogens is 1. The molecule has 3 N–H and O–H groups in total. The quantitative estimate of drug-likeness (QED) is 0.700. The molecule has 4 heteroatoms. The van der Waals surface area contributed by atoms with Crippen LogP contribution in [0.25, 0.3) is 0 Å². The molecule has 0 radical (unpaired) electrons. The maximum atomic E-state index is 6.01. The number of nitrogens with one attached hydrogen (secondary N) is 1. The summed E-state index contributed by atoms with van der Waals surface area (Å²) in [6, 6.07) is 0.364. The van der Waals surface area contributed by atoms with E-state index in [0.29, 0.717) is 17.8 Å². The SMILES string of the molecule is C=C(Br)CC(C)/C(CC)=N\C(N)=C(/C)NC(C)C. The molecule has 0 saturated heterocycles. The first-order valence-electron chi connectivity index (χ1n) is 6.41. The Kier molecular flexibility index (Phi) is 8.00. The van der Waals surface area contributed by atoms with Gasteiger partial charge >= 0.3 is 0 Å². The van der Waals surface area contributed by atoms with Gasteiger partial charge in [-0.1, -0.05) is 36.4 Å². The molecule has 104 valence electrons. The highest BCUT2D eigenvalue weighted by molar-refractivity contribution is 9.11. The minimum absolute atomic E-state index is 0.354. The highest BCUT2D eigenvalue weighted by Gasteiger charge is 2.10. The molecule has 0 bridgehead atoms. The predicted octanol–water partition coefficient (Wildman–Crippen LogP) is 3.92.